The minimum absolute atomic E-state index is 0.0258. The monoisotopic (exact) mass is 307 g/mol. The molecule has 0 amide bonds. The maximum Gasteiger partial charge on any atom is 0.0606 e. The minimum Gasteiger partial charge on any atom is -0.399 e. The average Bonchev–Trinajstić information content (AvgIpc) is 2.95. The normalized spacial score (nSPS) is 10.8. The lowest BCUT2D eigenvalue weighted by molar-refractivity contribution is 0.281. The van der Waals surface area contributed by atoms with Gasteiger partial charge in [-0.2, -0.15) is 0 Å². The fourth-order valence-electron chi connectivity index (χ4n) is 2.34. The molecule has 0 atom stereocenters. The van der Waals surface area contributed by atoms with Crippen LogP contribution in [0.3, 0.4) is 0 Å². The van der Waals surface area contributed by atoms with Crippen LogP contribution in [-0.2, 0) is 6.54 Å². The molecule has 6 N–H and O–H groups in total. The Morgan fingerprint density at radius 1 is 1.10 bits per heavy atom. The Kier molecular flexibility index (Phi) is 5.58. The van der Waals surface area contributed by atoms with E-state index in [0.29, 0.717) is 25.3 Å². The molecule has 1 aromatic heterocycles. The highest BCUT2D eigenvalue weighted by atomic mass is 32.1. The molecule has 0 saturated heterocycles. The summed E-state index contributed by atoms with van der Waals surface area (Å²) < 4.78 is 0. The first kappa shape index (κ1) is 15.8. The Morgan fingerprint density at radius 3 is 2.43 bits per heavy atom. The third-order valence-electron chi connectivity index (χ3n) is 3.31. The molecule has 114 valence electrons. The van der Waals surface area contributed by atoms with Gasteiger partial charge >= 0.3 is 0 Å². The number of benzene rings is 1. The molecule has 0 spiro atoms. The highest BCUT2D eigenvalue weighted by Crippen LogP contribution is 2.37. The first-order chi connectivity index (χ1) is 10.2. The molecule has 1 aromatic carbocycles. The van der Waals surface area contributed by atoms with E-state index in [-0.39, 0.29) is 13.2 Å². The Bertz CT molecular complexity index is 580. The van der Waals surface area contributed by atoms with Gasteiger partial charge in [0.25, 0.3) is 0 Å². The quantitative estimate of drug-likeness (QED) is 0.577. The number of nitrogens with zero attached hydrogens (tertiary/aromatic N) is 1. The molecule has 6 heteroatoms. The third kappa shape index (κ3) is 3.54. The second-order valence-electron chi connectivity index (χ2n) is 4.69. The summed E-state index contributed by atoms with van der Waals surface area (Å²) in [6.07, 6.45) is 0. The van der Waals surface area contributed by atoms with E-state index < -0.39 is 0 Å². The van der Waals surface area contributed by atoms with Gasteiger partial charge in [0.15, 0.2) is 0 Å². The van der Waals surface area contributed by atoms with E-state index in [2.05, 4.69) is 0 Å². The highest BCUT2D eigenvalue weighted by Gasteiger charge is 2.15. The molecule has 2 rings (SSSR count). The van der Waals surface area contributed by atoms with Gasteiger partial charge < -0.3 is 26.6 Å². The highest BCUT2D eigenvalue weighted by molar-refractivity contribution is 7.13. The van der Waals surface area contributed by atoms with E-state index in [1.165, 1.54) is 0 Å². The van der Waals surface area contributed by atoms with Crippen LogP contribution in [-0.4, -0.2) is 36.5 Å². The van der Waals surface area contributed by atoms with E-state index in [9.17, 15) is 10.2 Å². The Labute approximate surface area is 128 Å². The molecule has 0 saturated carbocycles. The van der Waals surface area contributed by atoms with E-state index in [4.69, 9.17) is 11.5 Å². The molecule has 0 radical (unpaired) electrons. The van der Waals surface area contributed by atoms with E-state index in [1.54, 1.807) is 11.3 Å². The fraction of sp³-hybridized carbons (Fsp3) is 0.333. The standard InChI is InChI=1S/C15H21N3O2S/c16-10-11-3-8-21-15(11)13-9-12(17)1-2-14(13)18(4-6-19)5-7-20/h1-3,8-9,19-20H,4-7,10,16-17H2. The Balaban J connectivity index is 2.51. The van der Waals surface area contributed by atoms with Crippen LogP contribution in [0.1, 0.15) is 5.56 Å². The van der Waals surface area contributed by atoms with E-state index in [0.717, 1.165) is 21.7 Å². The molecule has 21 heavy (non-hydrogen) atoms. The van der Waals surface area contributed by atoms with E-state index in [1.807, 2.05) is 34.5 Å². The first-order valence-electron chi connectivity index (χ1n) is 6.84. The van der Waals surface area contributed by atoms with Gasteiger partial charge in [0.2, 0.25) is 0 Å². The van der Waals surface area contributed by atoms with Crippen molar-refractivity contribution in [1.82, 2.24) is 0 Å². The van der Waals surface area contributed by atoms with E-state index >= 15 is 0 Å². The number of nitrogens with two attached hydrogens (primary N) is 2. The van der Waals surface area contributed by atoms with Crippen LogP contribution >= 0.6 is 11.3 Å². The number of hydrogen-bond acceptors (Lipinski definition) is 6. The molecule has 0 aliphatic rings. The molecular weight excluding hydrogens is 286 g/mol. The van der Waals surface area contributed by atoms with Crippen LogP contribution in [0, 0.1) is 0 Å². The van der Waals surface area contributed by atoms with Crippen molar-refractivity contribution in [3.8, 4) is 10.4 Å². The van der Waals surface area contributed by atoms with Crippen LogP contribution in [0.2, 0.25) is 0 Å². The predicted molar refractivity (Wildman–Crippen MR) is 88.4 cm³/mol. The number of aliphatic hydroxyl groups excluding tert-OH is 2. The summed E-state index contributed by atoms with van der Waals surface area (Å²) in [4.78, 5) is 3.04. The van der Waals surface area contributed by atoms with Gasteiger partial charge in [0, 0.05) is 41.4 Å². The third-order valence-corrected chi connectivity index (χ3v) is 4.30. The van der Waals surface area contributed by atoms with Crippen molar-refractivity contribution in [3.63, 3.8) is 0 Å². The van der Waals surface area contributed by atoms with Crippen LogP contribution < -0.4 is 16.4 Å². The number of rotatable bonds is 7. The zero-order chi connectivity index (χ0) is 15.2. The number of anilines is 2. The molecule has 0 aliphatic heterocycles. The van der Waals surface area contributed by atoms with Gasteiger partial charge in [-0.3, -0.25) is 0 Å². The van der Waals surface area contributed by atoms with Gasteiger partial charge in [-0.15, -0.1) is 11.3 Å². The fourth-order valence-corrected chi connectivity index (χ4v) is 3.30. The average molecular weight is 307 g/mol. The lowest BCUT2D eigenvalue weighted by Crippen LogP contribution is -2.30. The SMILES string of the molecule is NCc1ccsc1-c1cc(N)ccc1N(CCO)CCO. The summed E-state index contributed by atoms with van der Waals surface area (Å²) in [7, 11) is 0. The van der Waals surface area contributed by atoms with Gasteiger partial charge in [-0.1, -0.05) is 0 Å². The largest absolute Gasteiger partial charge is 0.399 e. The van der Waals surface area contributed by atoms with Crippen molar-refractivity contribution in [2.75, 3.05) is 36.9 Å². The van der Waals surface area contributed by atoms with Crippen molar-refractivity contribution < 1.29 is 10.2 Å². The molecule has 0 unspecified atom stereocenters. The van der Waals surface area contributed by atoms with Crippen LogP contribution in [0.5, 0.6) is 0 Å². The van der Waals surface area contributed by atoms with Gasteiger partial charge in [0.1, 0.15) is 0 Å². The molecule has 1 heterocycles. The van der Waals surface area contributed by atoms with Gasteiger partial charge in [-0.25, -0.2) is 0 Å². The van der Waals surface area contributed by atoms with Crippen LogP contribution in [0.15, 0.2) is 29.6 Å². The number of aliphatic hydroxyl groups is 2. The lowest BCUT2D eigenvalue weighted by Gasteiger charge is -2.26. The molecule has 2 aromatic rings. The maximum atomic E-state index is 9.24. The number of thiophene rings is 1. The first-order valence-corrected chi connectivity index (χ1v) is 7.72. The number of hydrogen-bond donors (Lipinski definition) is 4. The number of nitrogen functional groups attached to an aromatic ring is 1. The predicted octanol–water partition coefficient (Wildman–Crippen LogP) is 1.25. The molecular formula is C15H21N3O2S. The van der Waals surface area contributed by atoms with Crippen LogP contribution in [0.4, 0.5) is 11.4 Å². The van der Waals surface area contributed by atoms with Gasteiger partial charge in [0.05, 0.1) is 13.2 Å². The van der Waals surface area contributed by atoms with Crippen molar-refractivity contribution >= 4 is 22.7 Å². The van der Waals surface area contributed by atoms with Crippen molar-refractivity contribution in [1.29, 1.82) is 0 Å². The molecule has 0 aliphatic carbocycles. The van der Waals surface area contributed by atoms with Crippen molar-refractivity contribution in [2.45, 2.75) is 6.54 Å². The molecule has 0 bridgehead atoms. The smallest absolute Gasteiger partial charge is 0.0606 e. The Morgan fingerprint density at radius 2 is 1.81 bits per heavy atom. The molecule has 5 nitrogen and oxygen atoms in total. The lowest BCUT2D eigenvalue weighted by atomic mass is 10.1. The zero-order valence-corrected chi connectivity index (χ0v) is 12.6. The van der Waals surface area contributed by atoms with Crippen molar-refractivity contribution in [3.05, 3.63) is 35.2 Å². The Hall–Kier alpha value is -1.60. The second kappa shape index (κ2) is 7.42. The second-order valence-corrected chi connectivity index (χ2v) is 5.61. The summed E-state index contributed by atoms with van der Waals surface area (Å²) in [5.74, 6) is 0. The summed E-state index contributed by atoms with van der Waals surface area (Å²) in [5.41, 5.74) is 15.4. The van der Waals surface area contributed by atoms with Gasteiger partial charge in [-0.05, 0) is 35.2 Å². The maximum absolute atomic E-state index is 9.24. The van der Waals surface area contributed by atoms with Crippen molar-refractivity contribution in [2.24, 2.45) is 5.73 Å². The molecule has 0 fully saturated rings. The summed E-state index contributed by atoms with van der Waals surface area (Å²) in [6.45, 7) is 1.44. The minimum atomic E-state index is 0.0258. The zero-order valence-electron chi connectivity index (χ0n) is 11.8. The van der Waals surface area contributed by atoms with Crippen LogP contribution in [0.25, 0.3) is 10.4 Å². The summed E-state index contributed by atoms with van der Waals surface area (Å²) in [6, 6.07) is 7.68. The summed E-state index contributed by atoms with van der Waals surface area (Å²) >= 11 is 1.62. The topological polar surface area (TPSA) is 95.7 Å². The summed E-state index contributed by atoms with van der Waals surface area (Å²) in [5, 5.41) is 20.5.